The topological polar surface area (TPSA) is 60.2 Å². The largest absolute Gasteiger partial charge is 0.497 e. The first-order chi connectivity index (χ1) is 10.2. The summed E-state index contributed by atoms with van der Waals surface area (Å²) in [6, 6.07) is 8.17. The summed E-state index contributed by atoms with van der Waals surface area (Å²) in [5.41, 5.74) is 7.24. The molecule has 4 nitrogen and oxygen atoms in total. The quantitative estimate of drug-likeness (QED) is 0.858. The van der Waals surface area contributed by atoms with Gasteiger partial charge in [0.15, 0.2) is 0 Å². The van der Waals surface area contributed by atoms with Crippen molar-refractivity contribution < 1.29 is 9.13 Å². The molecule has 0 aliphatic carbocycles. The maximum atomic E-state index is 14.4. The van der Waals surface area contributed by atoms with Gasteiger partial charge < -0.3 is 15.8 Å². The van der Waals surface area contributed by atoms with Crippen LogP contribution in [0.1, 0.15) is 30.5 Å². The second-order valence-electron chi connectivity index (χ2n) is 4.75. The van der Waals surface area contributed by atoms with Gasteiger partial charge in [-0.3, -0.25) is 0 Å². The number of hydrogen-bond acceptors (Lipinski definition) is 4. The van der Waals surface area contributed by atoms with Gasteiger partial charge in [0, 0.05) is 23.4 Å². The molecule has 21 heavy (non-hydrogen) atoms. The molecule has 0 amide bonds. The van der Waals surface area contributed by atoms with Gasteiger partial charge in [-0.1, -0.05) is 19.1 Å². The predicted molar refractivity (Wildman–Crippen MR) is 81.7 cm³/mol. The Bertz CT molecular complexity index is 604. The van der Waals surface area contributed by atoms with Crippen molar-refractivity contribution in [1.82, 2.24) is 10.3 Å². The summed E-state index contributed by atoms with van der Waals surface area (Å²) in [7, 11) is 1.51. The second kappa shape index (κ2) is 7.04. The van der Waals surface area contributed by atoms with Gasteiger partial charge in [-0.15, -0.1) is 0 Å². The molecule has 0 spiro atoms. The van der Waals surface area contributed by atoms with E-state index in [1.807, 2.05) is 6.07 Å². The molecule has 2 aromatic rings. The predicted octanol–water partition coefficient (Wildman–Crippen LogP) is 2.90. The van der Waals surface area contributed by atoms with Gasteiger partial charge in [0.05, 0.1) is 13.2 Å². The molecule has 3 N–H and O–H groups in total. The lowest BCUT2D eigenvalue weighted by molar-refractivity contribution is 0.410. The van der Waals surface area contributed by atoms with Gasteiger partial charge in [-0.25, -0.2) is 9.37 Å². The Morgan fingerprint density at radius 1 is 1.33 bits per heavy atom. The van der Waals surface area contributed by atoms with Crippen molar-refractivity contribution in [1.29, 1.82) is 0 Å². The number of hydrogen-bond donors (Lipinski definition) is 2. The molecule has 0 saturated heterocycles. The SMILES string of the molecule is CCCNC(c1ccc(OC)cc1F)c1cccnc1N. The van der Waals surface area contributed by atoms with Crippen LogP contribution in [0.2, 0.25) is 0 Å². The number of nitrogens with two attached hydrogens (primary N) is 1. The van der Waals surface area contributed by atoms with Crippen molar-refractivity contribution in [3.8, 4) is 5.75 Å². The fourth-order valence-electron chi connectivity index (χ4n) is 2.22. The summed E-state index contributed by atoms with van der Waals surface area (Å²) < 4.78 is 19.4. The summed E-state index contributed by atoms with van der Waals surface area (Å²) in [6.07, 6.45) is 2.56. The van der Waals surface area contributed by atoms with E-state index in [4.69, 9.17) is 10.5 Å². The Hall–Kier alpha value is -2.14. The highest BCUT2D eigenvalue weighted by Gasteiger charge is 2.20. The van der Waals surface area contributed by atoms with Gasteiger partial charge >= 0.3 is 0 Å². The minimum absolute atomic E-state index is 0.328. The van der Waals surface area contributed by atoms with E-state index in [1.165, 1.54) is 13.2 Å². The number of nitrogen functional groups attached to an aromatic ring is 1. The van der Waals surface area contributed by atoms with Crippen molar-refractivity contribution in [2.75, 3.05) is 19.4 Å². The molecule has 0 fully saturated rings. The number of rotatable bonds is 6. The Morgan fingerprint density at radius 3 is 2.76 bits per heavy atom. The molecule has 2 rings (SSSR count). The highest BCUT2D eigenvalue weighted by atomic mass is 19.1. The Labute approximate surface area is 124 Å². The summed E-state index contributed by atoms with van der Waals surface area (Å²) in [5, 5.41) is 3.32. The highest BCUT2D eigenvalue weighted by molar-refractivity contribution is 5.46. The van der Waals surface area contributed by atoms with E-state index in [9.17, 15) is 4.39 Å². The van der Waals surface area contributed by atoms with Crippen molar-refractivity contribution >= 4 is 5.82 Å². The molecule has 112 valence electrons. The number of pyridine rings is 1. The first kappa shape index (κ1) is 15.3. The molecule has 1 unspecified atom stereocenters. The first-order valence-corrected chi connectivity index (χ1v) is 6.94. The number of anilines is 1. The Morgan fingerprint density at radius 2 is 2.14 bits per heavy atom. The van der Waals surface area contributed by atoms with Crippen molar-refractivity contribution in [2.45, 2.75) is 19.4 Å². The van der Waals surface area contributed by atoms with E-state index in [1.54, 1.807) is 24.4 Å². The first-order valence-electron chi connectivity index (χ1n) is 6.94. The molecule has 1 atom stereocenters. The number of nitrogens with zero attached hydrogens (tertiary/aromatic N) is 1. The van der Waals surface area contributed by atoms with Crippen LogP contribution in [-0.2, 0) is 0 Å². The number of ether oxygens (including phenoxy) is 1. The van der Waals surface area contributed by atoms with Crippen LogP contribution in [0.25, 0.3) is 0 Å². The van der Waals surface area contributed by atoms with E-state index in [0.717, 1.165) is 18.5 Å². The minimum Gasteiger partial charge on any atom is -0.497 e. The number of halogens is 1. The average molecular weight is 289 g/mol. The highest BCUT2D eigenvalue weighted by Crippen LogP contribution is 2.29. The van der Waals surface area contributed by atoms with E-state index < -0.39 is 0 Å². The number of methoxy groups -OCH3 is 1. The summed E-state index contributed by atoms with van der Waals surface area (Å²) in [6.45, 7) is 2.81. The van der Waals surface area contributed by atoms with Gasteiger partial charge in [-0.05, 0) is 25.1 Å². The number of aromatic nitrogens is 1. The van der Waals surface area contributed by atoms with Crippen LogP contribution in [0.4, 0.5) is 10.2 Å². The van der Waals surface area contributed by atoms with Gasteiger partial charge in [0.2, 0.25) is 0 Å². The fraction of sp³-hybridized carbons (Fsp3) is 0.312. The maximum absolute atomic E-state index is 14.4. The van der Waals surface area contributed by atoms with E-state index >= 15 is 0 Å². The second-order valence-corrected chi connectivity index (χ2v) is 4.75. The van der Waals surface area contributed by atoms with Gasteiger partial charge in [0.25, 0.3) is 0 Å². The molecule has 0 bridgehead atoms. The lowest BCUT2D eigenvalue weighted by atomic mass is 9.98. The third-order valence-corrected chi connectivity index (χ3v) is 3.30. The third kappa shape index (κ3) is 3.49. The van der Waals surface area contributed by atoms with Crippen LogP contribution in [0.15, 0.2) is 36.5 Å². The van der Waals surface area contributed by atoms with Crippen LogP contribution in [-0.4, -0.2) is 18.6 Å². The van der Waals surface area contributed by atoms with Crippen LogP contribution in [0.5, 0.6) is 5.75 Å². The van der Waals surface area contributed by atoms with Crippen molar-refractivity contribution in [3.05, 3.63) is 53.5 Å². The molecule has 1 aromatic heterocycles. The van der Waals surface area contributed by atoms with Gasteiger partial charge in [0.1, 0.15) is 17.4 Å². The van der Waals surface area contributed by atoms with Crippen LogP contribution in [0.3, 0.4) is 0 Å². The zero-order valence-electron chi connectivity index (χ0n) is 12.3. The van der Waals surface area contributed by atoms with Crippen molar-refractivity contribution in [2.24, 2.45) is 0 Å². The van der Waals surface area contributed by atoms with Crippen LogP contribution < -0.4 is 15.8 Å². The summed E-state index contributed by atoms with van der Waals surface area (Å²) in [5.74, 6) is 0.567. The zero-order chi connectivity index (χ0) is 15.2. The standard InChI is InChI=1S/C16H20FN3O/c1-3-8-19-15(13-5-4-9-20-16(13)18)12-7-6-11(21-2)10-14(12)17/h4-7,9-10,15,19H,3,8H2,1-2H3,(H2,18,20). The molecule has 0 aliphatic heterocycles. The van der Waals surface area contributed by atoms with Crippen LogP contribution in [0, 0.1) is 5.82 Å². The van der Waals surface area contributed by atoms with E-state index in [-0.39, 0.29) is 11.9 Å². The lowest BCUT2D eigenvalue weighted by Crippen LogP contribution is -2.25. The summed E-state index contributed by atoms with van der Waals surface area (Å²) in [4.78, 5) is 4.09. The molecule has 1 heterocycles. The fourth-order valence-corrected chi connectivity index (χ4v) is 2.22. The molecule has 0 aliphatic rings. The molecular weight excluding hydrogens is 269 g/mol. The van der Waals surface area contributed by atoms with Crippen LogP contribution >= 0.6 is 0 Å². The Kier molecular flexibility index (Phi) is 5.11. The average Bonchev–Trinajstić information content (AvgIpc) is 2.50. The molecule has 1 aromatic carbocycles. The number of benzene rings is 1. The Balaban J connectivity index is 2.43. The van der Waals surface area contributed by atoms with E-state index in [2.05, 4.69) is 17.2 Å². The molecule has 5 heteroatoms. The summed E-state index contributed by atoms with van der Waals surface area (Å²) >= 11 is 0. The zero-order valence-corrected chi connectivity index (χ0v) is 12.3. The third-order valence-electron chi connectivity index (χ3n) is 3.30. The minimum atomic E-state index is -0.329. The lowest BCUT2D eigenvalue weighted by Gasteiger charge is -2.21. The molecule has 0 radical (unpaired) electrons. The smallest absolute Gasteiger partial charge is 0.132 e. The maximum Gasteiger partial charge on any atom is 0.132 e. The van der Waals surface area contributed by atoms with Gasteiger partial charge in [-0.2, -0.15) is 0 Å². The van der Waals surface area contributed by atoms with E-state index in [0.29, 0.717) is 17.1 Å². The molecular formula is C16H20FN3O. The molecule has 0 saturated carbocycles. The normalized spacial score (nSPS) is 12.1. The monoisotopic (exact) mass is 289 g/mol. The van der Waals surface area contributed by atoms with Crippen molar-refractivity contribution in [3.63, 3.8) is 0 Å². The number of nitrogens with one attached hydrogen (secondary N) is 1.